The molecule has 1 rings (SSSR count). The fraction of sp³-hybridized carbons (Fsp3) is 0.917. The van der Waals surface area contributed by atoms with Crippen LogP contribution in [0.4, 0.5) is 0 Å². The summed E-state index contributed by atoms with van der Waals surface area (Å²) in [5.74, 6) is 5.48. The number of piperazine rings is 1. The molecule has 5 heteroatoms. The van der Waals surface area contributed by atoms with E-state index >= 15 is 0 Å². The molecule has 1 fully saturated rings. The molecule has 0 bridgehead atoms. The van der Waals surface area contributed by atoms with Gasteiger partial charge in [0.2, 0.25) is 0 Å². The molecule has 1 saturated heterocycles. The van der Waals surface area contributed by atoms with Crippen LogP contribution in [-0.4, -0.2) is 54.5 Å². The SMILES string of the molecule is CCC1CN(C(C(=O)NN)C(C)C)CCN1C. The van der Waals surface area contributed by atoms with Gasteiger partial charge in [-0.3, -0.25) is 15.1 Å². The highest BCUT2D eigenvalue weighted by Gasteiger charge is 2.33. The second kappa shape index (κ2) is 6.33. The molecule has 1 heterocycles. The van der Waals surface area contributed by atoms with Gasteiger partial charge in [-0.2, -0.15) is 0 Å². The van der Waals surface area contributed by atoms with E-state index in [0.717, 1.165) is 26.1 Å². The van der Waals surface area contributed by atoms with Crippen molar-refractivity contribution in [1.82, 2.24) is 15.2 Å². The zero-order valence-corrected chi connectivity index (χ0v) is 11.4. The smallest absolute Gasteiger partial charge is 0.251 e. The van der Waals surface area contributed by atoms with E-state index in [-0.39, 0.29) is 17.9 Å². The molecule has 2 unspecified atom stereocenters. The molecule has 3 N–H and O–H groups in total. The van der Waals surface area contributed by atoms with Gasteiger partial charge in [0.05, 0.1) is 6.04 Å². The molecule has 0 aromatic rings. The first-order chi connectivity index (χ1) is 8.01. The fourth-order valence-electron chi connectivity index (χ4n) is 2.64. The van der Waals surface area contributed by atoms with Gasteiger partial charge in [-0.25, -0.2) is 5.84 Å². The van der Waals surface area contributed by atoms with Crippen LogP contribution in [0.15, 0.2) is 0 Å². The Hall–Kier alpha value is -0.650. The number of nitrogens with two attached hydrogens (primary N) is 1. The first-order valence-corrected chi connectivity index (χ1v) is 6.46. The van der Waals surface area contributed by atoms with Crippen molar-refractivity contribution in [2.24, 2.45) is 11.8 Å². The van der Waals surface area contributed by atoms with Crippen molar-refractivity contribution >= 4 is 5.91 Å². The normalized spacial score (nSPS) is 24.9. The maximum atomic E-state index is 11.8. The number of hydrazine groups is 1. The summed E-state index contributed by atoms with van der Waals surface area (Å²) in [7, 11) is 2.15. The first kappa shape index (κ1) is 14.4. The molecule has 0 aliphatic carbocycles. The minimum absolute atomic E-state index is 0.0700. The van der Waals surface area contributed by atoms with E-state index in [4.69, 9.17) is 5.84 Å². The zero-order chi connectivity index (χ0) is 13.0. The molecule has 1 amide bonds. The Morgan fingerprint density at radius 2 is 2.12 bits per heavy atom. The number of hydrogen-bond acceptors (Lipinski definition) is 4. The van der Waals surface area contributed by atoms with Crippen LogP contribution in [0.25, 0.3) is 0 Å². The van der Waals surface area contributed by atoms with E-state index < -0.39 is 0 Å². The minimum Gasteiger partial charge on any atom is -0.301 e. The first-order valence-electron chi connectivity index (χ1n) is 6.46. The van der Waals surface area contributed by atoms with Crippen LogP contribution < -0.4 is 11.3 Å². The Balaban J connectivity index is 2.72. The second-order valence-electron chi connectivity index (χ2n) is 5.24. The van der Waals surface area contributed by atoms with Crippen molar-refractivity contribution in [3.63, 3.8) is 0 Å². The van der Waals surface area contributed by atoms with Crippen LogP contribution in [0.1, 0.15) is 27.2 Å². The summed E-state index contributed by atoms with van der Waals surface area (Å²) in [5, 5.41) is 0. The number of hydrogen-bond donors (Lipinski definition) is 2. The van der Waals surface area contributed by atoms with Crippen LogP contribution in [0.3, 0.4) is 0 Å². The van der Waals surface area contributed by atoms with Gasteiger partial charge in [-0.15, -0.1) is 0 Å². The predicted molar refractivity (Wildman–Crippen MR) is 69.2 cm³/mol. The number of carbonyl (C=O) groups excluding carboxylic acids is 1. The molecule has 0 saturated carbocycles. The maximum absolute atomic E-state index is 11.8. The summed E-state index contributed by atoms with van der Waals surface area (Å²) in [6, 6.07) is 0.429. The number of rotatable bonds is 4. The van der Waals surface area contributed by atoms with Crippen LogP contribution in [-0.2, 0) is 4.79 Å². The van der Waals surface area contributed by atoms with Gasteiger partial charge in [0.15, 0.2) is 0 Å². The third-order valence-corrected chi connectivity index (χ3v) is 3.72. The number of carbonyl (C=O) groups is 1. The average molecular weight is 242 g/mol. The summed E-state index contributed by atoms with van der Waals surface area (Å²) in [5.41, 5.74) is 2.29. The van der Waals surface area contributed by atoms with Crippen molar-refractivity contribution in [3.05, 3.63) is 0 Å². The molecule has 1 aliphatic rings. The third kappa shape index (κ3) is 3.40. The largest absolute Gasteiger partial charge is 0.301 e. The summed E-state index contributed by atoms with van der Waals surface area (Å²) in [4.78, 5) is 16.5. The molecule has 0 aromatic carbocycles. The number of likely N-dealkylation sites (N-methyl/N-ethyl adjacent to an activating group) is 1. The van der Waals surface area contributed by atoms with Crippen LogP contribution in [0, 0.1) is 5.92 Å². The predicted octanol–water partition coefficient (Wildman–Crippen LogP) is 0.0269. The van der Waals surface area contributed by atoms with E-state index in [2.05, 4.69) is 43.0 Å². The number of nitrogens with zero attached hydrogens (tertiary/aromatic N) is 2. The Labute approximate surface area is 104 Å². The Kier molecular flexibility index (Phi) is 5.36. The van der Waals surface area contributed by atoms with E-state index in [1.165, 1.54) is 0 Å². The summed E-state index contributed by atoms with van der Waals surface area (Å²) in [6.07, 6.45) is 1.11. The number of amides is 1. The van der Waals surface area contributed by atoms with Crippen molar-refractivity contribution in [2.45, 2.75) is 39.3 Å². The molecule has 0 spiro atoms. The molecular formula is C12H26N4O. The zero-order valence-electron chi connectivity index (χ0n) is 11.4. The van der Waals surface area contributed by atoms with Crippen molar-refractivity contribution in [1.29, 1.82) is 0 Å². The highest BCUT2D eigenvalue weighted by atomic mass is 16.2. The fourth-order valence-corrected chi connectivity index (χ4v) is 2.64. The Morgan fingerprint density at radius 3 is 2.59 bits per heavy atom. The quantitative estimate of drug-likeness (QED) is 0.415. The van der Waals surface area contributed by atoms with Gasteiger partial charge in [-0.1, -0.05) is 20.8 Å². The lowest BCUT2D eigenvalue weighted by Crippen LogP contribution is -2.59. The molecule has 2 atom stereocenters. The molecular weight excluding hydrogens is 216 g/mol. The van der Waals surface area contributed by atoms with Crippen molar-refractivity contribution in [3.8, 4) is 0 Å². The summed E-state index contributed by atoms with van der Waals surface area (Å²) in [6.45, 7) is 9.22. The highest BCUT2D eigenvalue weighted by Crippen LogP contribution is 2.17. The van der Waals surface area contributed by atoms with Gasteiger partial charge >= 0.3 is 0 Å². The molecule has 5 nitrogen and oxygen atoms in total. The van der Waals surface area contributed by atoms with Gasteiger partial charge < -0.3 is 4.90 Å². The minimum atomic E-state index is -0.109. The standard InChI is InChI=1S/C12H26N4O/c1-5-10-8-16(7-6-15(10)4)11(9(2)3)12(17)14-13/h9-11H,5-8,13H2,1-4H3,(H,14,17). The lowest BCUT2D eigenvalue weighted by molar-refractivity contribution is -0.129. The lowest BCUT2D eigenvalue weighted by Gasteiger charge is -2.43. The van der Waals surface area contributed by atoms with Gasteiger partial charge in [0, 0.05) is 25.7 Å². The summed E-state index contributed by atoms with van der Waals surface area (Å²) >= 11 is 0. The maximum Gasteiger partial charge on any atom is 0.251 e. The summed E-state index contributed by atoms with van der Waals surface area (Å²) < 4.78 is 0. The van der Waals surface area contributed by atoms with Gasteiger partial charge in [0.1, 0.15) is 0 Å². The van der Waals surface area contributed by atoms with E-state index in [1.807, 2.05) is 0 Å². The van der Waals surface area contributed by atoms with Crippen LogP contribution >= 0.6 is 0 Å². The molecule has 0 radical (unpaired) electrons. The molecule has 100 valence electrons. The monoisotopic (exact) mass is 242 g/mol. The molecule has 1 aliphatic heterocycles. The van der Waals surface area contributed by atoms with Crippen LogP contribution in [0.2, 0.25) is 0 Å². The van der Waals surface area contributed by atoms with E-state index in [9.17, 15) is 4.79 Å². The highest BCUT2D eigenvalue weighted by molar-refractivity contribution is 5.81. The number of nitrogens with one attached hydrogen (secondary N) is 1. The van der Waals surface area contributed by atoms with Crippen molar-refractivity contribution in [2.75, 3.05) is 26.7 Å². The lowest BCUT2D eigenvalue weighted by atomic mass is 9.99. The topological polar surface area (TPSA) is 61.6 Å². The van der Waals surface area contributed by atoms with Gasteiger partial charge in [0.25, 0.3) is 5.91 Å². The van der Waals surface area contributed by atoms with Crippen LogP contribution in [0.5, 0.6) is 0 Å². The molecule has 17 heavy (non-hydrogen) atoms. The van der Waals surface area contributed by atoms with E-state index in [1.54, 1.807) is 0 Å². The second-order valence-corrected chi connectivity index (χ2v) is 5.24. The van der Waals surface area contributed by atoms with Gasteiger partial charge in [-0.05, 0) is 19.4 Å². The third-order valence-electron chi connectivity index (χ3n) is 3.72. The Bertz CT molecular complexity index is 257. The Morgan fingerprint density at radius 1 is 1.47 bits per heavy atom. The van der Waals surface area contributed by atoms with E-state index in [0.29, 0.717) is 6.04 Å². The van der Waals surface area contributed by atoms with Crippen molar-refractivity contribution < 1.29 is 4.79 Å². The average Bonchev–Trinajstić information content (AvgIpc) is 2.30. The molecule has 0 aromatic heterocycles.